The first kappa shape index (κ1) is 17.5. The molecule has 1 atom stereocenters. The van der Waals surface area contributed by atoms with Gasteiger partial charge < -0.3 is 9.64 Å². The summed E-state index contributed by atoms with van der Waals surface area (Å²) in [7, 11) is 1.59. The van der Waals surface area contributed by atoms with Gasteiger partial charge in [0, 0.05) is 13.5 Å². The van der Waals surface area contributed by atoms with Crippen molar-refractivity contribution in [2.45, 2.75) is 64.4 Å². The smallest absolute Gasteiger partial charge is 0.325 e. The lowest BCUT2D eigenvalue weighted by molar-refractivity contribution is -0.148. The van der Waals surface area contributed by atoms with Gasteiger partial charge in [-0.05, 0) is 26.2 Å². The average Bonchev–Trinajstić information content (AvgIpc) is 2.40. The van der Waals surface area contributed by atoms with Crippen molar-refractivity contribution in [2.75, 3.05) is 13.6 Å². The Morgan fingerprint density at radius 3 is 2.48 bits per heavy atom. The standard InChI is InChI=1S/C15H27N3O3/c1-12-9-7-5-3-4-6-8-10-13(19)17-15(16)18(2)11-14(20)21-12/h12H,3-11H2,1-2H3,(H2,16,17,19). The first-order valence-corrected chi connectivity index (χ1v) is 7.78. The molecular formula is C15H27N3O3. The van der Waals surface area contributed by atoms with E-state index in [0.717, 1.165) is 44.9 Å². The fourth-order valence-corrected chi connectivity index (χ4v) is 2.31. The van der Waals surface area contributed by atoms with Gasteiger partial charge in [-0.15, -0.1) is 0 Å². The molecule has 21 heavy (non-hydrogen) atoms. The van der Waals surface area contributed by atoms with E-state index in [2.05, 4.69) is 5.32 Å². The normalized spacial score (nSPS) is 24.4. The van der Waals surface area contributed by atoms with Gasteiger partial charge in [-0.25, -0.2) is 0 Å². The Morgan fingerprint density at radius 1 is 1.14 bits per heavy atom. The highest BCUT2D eigenvalue weighted by Gasteiger charge is 2.15. The molecule has 120 valence electrons. The third-order valence-corrected chi connectivity index (χ3v) is 3.60. The summed E-state index contributed by atoms with van der Waals surface area (Å²) in [4.78, 5) is 24.8. The molecule has 1 amide bonds. The maximum Gasteiger partial charge on any atom is 0.325 e. The highest BCUT2D eigenvalue weighted by Crippen LogP contribution is 2.11. The summed E-state index contributed by atoms with van der Waals surface area (Å²) in [5.74, 6) is -0.589. The Kier molecular flexibility index (Phi) is 7.79. The first-order chi connectivity index (χ1) is 9.99. The van der Waals surface area contributed by atoms with E-state index in [1.807, 2.05) is 6.92 Å². The summed E-state index contributed by atoms with van der Waals surface area (Å²) in [5.41, 5.74) is 0. The van der Waals surface area contributed by atoms with E-state index in [4.69, 9.17) is 10.1 Å². The molecular weight excluding hydrogens is 270 g/mol. The molecule has 0 spiro atoms. The lowest BCUT2D eigenvalue weighted by atomic mass is 10.1. The van der Waals surface area contributed by atoms with Gasteiger partial charge in [-0.1, -0.05) is 25.7 Å². The van der Waals surface area contributed by atoms with E-state index in [0.29, 0.717) is 6.42 Å². The lowest BCUT2D eigenvalue weighted by Gasteiger charge is -2.21. The highest BCUT2D eigenvalue weighted by atomic mass is 16.5. The number of ether oxygens (including phenoxy) is 1. The van der Waals surface area contributed by atoms with Crippen LogP contribution in [-0.4, -0.2) is 42.4 Å². The van der Waals surface area contributed by atoms with Crippen molar-refractivity contribution in [2.24, 2.45) is 0 Å². The second-order valence-electron chi connectivity index (χ2n) is 5.71. The molecule has 0 bridgehead atoms. The number of nitrogens with one attached hydrogen (secondary N) is 2. The largest absolute Gasteiger partial charge is 0.461 e. The Labute approximate surface area is 126 Å². The lowest BCUT2D eigenvalue weighted by Crippen LogP contribution is -2.44. The molecule has 2 N–H and O–H groups in total. The van der Waals surface area contributed by atoms with Crippen LogP contribution in [0.15, 0.2) is 0 Å². The van der Waals surface area contributed by atoms with Crippen molar-refractivity contribution in [1.82, 2.24) is 10.2 Å². The summed E-state index contributed by atoms with van der Waals surface area (Å²) < 4.78 is 5.31. The van der Waals surface area contributed by atoms with Crippen LogP contribution in [0.4, 0.5) is 0 Å². The van der Waals surface area contributed by atoms with Crippen LogP contribution in [0.1, 0.15) is 58.3 Å². The highest BCUT2D eigenvalue weighted by molar-refractivity contribution is 5.96. The van der Waals surface area contributed by atoms with Crippen LogP contribution in [0.2, 0.25) is 0 Å². The second kappa shape index (κ2) is 9.37. The van der Waals surface area contributed by atoms with Gasteiger partial charge in [0.15, 0.2) is 5.96 Å². The van der Waals surface area contributed by atoms with Gasteiger partial charge in [0.05, 0.1) is 6.10 Å². The fourth-order valence-electron chi connectivity index (χ4n) is 2.31. The number of likely N-dealkylation sites (N-methyl/N-ethyl adjacent to an activating group) is 1. The monoisotopic (exact) mass is 297 g/mol. The number of guanidine groups is 1. The molecule has 1 aliphatic rings. The Bertz CT molecular complexity index is 371. The number of carbonyl (C=O) groups is 2. The van der Waals surface area contributed by atoms with E-state index in [1.54, 1.807) is 7.05 Å². The quantitative estimate of drug-likeness (QED) is 0.670. The summed E-state index contributed by atoms with van der Waals surface area (Å²) in [6, 6.07) is 0. The average molecular weight is 297 g/mol. The van der Waals surface area contributed by atoms with Crippen molar-refractivity contribution < 1.29 is 14.3 Å². The molecule has 0 radical (unpaired) electrons. The van der Waals surface area contributed by atoms with Gasteiger partial charge in [0.25, 0.3) is 0 Å². The zero-order valence-corrected chi connectivity index (χ0v) is 13.1. The van der Waals surface area contributed by atoms with E-state index in [1.165, 1.54) is 4.90 Å². The predicted octanol–water partition coefficient (Wildman–Crippen LogP) is 2.04. The molecule has 0 aromatic carbocycles. The minimum atomic E-state index is -0.365. The zero-order valence-electron chi connectivity index (χ0n) is 13.1. The predicted molar refractivity (Wildman–Crippen MR) is 81.0 cm³/mol. The molecule has 1 unspecified atom stereocenters. The summed E-state index contributed by atoms with van der Waals surface area (Å²) >= 11 is 0. The minimum Gasteiger partial charge on any atom is -0.461 e. The molecule has 1 heterocycles. The first-order valence-electron chi connectivity index (χ1n) is 7.78. The number of amides is 1. The summed E-state index contributed by atoms with van der Waals surface area (Å²) in [5, 5.41) is 10.3. The van der Waals surface area contributed by atoms with Gasteiger partial charge in [0.2, 0.25) is 5.91 Å². The number of nitrogens with zero attached hydrogens (tertiary/aromatic N) is 1. The van der Waals surface area contributed by atoms with Gasteiger partial charge in [0.1, 0.15) is 6.54 Å². The van der Waals surface area contributed by atoms with Crippen LogP contribution in [0.25, 0.3) is 0 Å². The molecule has 0 aromatic rings. The number of hydrogen-bond donors (Lipinski definition) is 2. The van der Waals surface area contributed by atoms with Crippen molar-refractivity contribution in [3.63, 3.8) is 0 Å². The maximum absolute atomic E-state index is 11.8. The van der Waals surface area contributed by atoms with Crippen molar-refractivity contribution >= 4 is 17.8 Å². The topological polar surface area (TPSA) is 82.5 Å². The van der Waals surface area contributed by atoms with E-state index < -0.39 is 0 Å². The number of cyclic esters (lactones) is 1. The zero-order chi connectivity index (χ0) is 15.7. The maximum atomic E-state index is 11.8. The van der Waals surface area contributed by atoms with Crippen LogP contribution >= 0.6 is 0 Å². The molecule has 0 aliphatic carbocycles. The van der Waals surface area contributed by atoms with E-state index >= 15 is 0 Å². The number of esters is 1. The summed E-state index contributed by atoms with van der Waals surface area (Å²) in [6.45, 7) is 1.87. The molecule has 6 heteroatoms. The molecule has 1 rings (SSSR count). The molecule has 6 nitrogen and oxygen atoms in total. The van der Waals surface area contributed by atoms with Gasteiger partial charge >= 0.3 is 5.97 Å². The third kappa shape index (κ3) is 7.68. The second-order valence-corrected chi connectivity index (χ2v) is 5.71. The Balaban J connectivity index is 2.53. The van der Waals surface area contributed by atoms with Crippen LogP contribution in [0, 0.1) is 5.41 Å². The molecule has 0 aromatic heterocycles. The molecule has 1 saturated heterocycles. The van der Waals surface area contributed by atoms with Crippen molar-refractivity contribution in [1.29, 1.82) is 5.41 Å². The fraction of sp³-hybridized carbons (Fsp3) is 0.800. The minimum absolute atomic E-state index is 0.0244. The van der Waals surface area contributed by atoms with Crippen LogP contribution < -0.4 is 5.32 Å². The van der Waals surface area contributed by atoms with Gasteiger partial charge in [-0.3, -0.25) is 20.3 Å². The van der Waals surface area contributed by atoms with Crippen LogP contribution in [0.3, 0.4) is 0 Å². The number of rotatable bonds is 0. The summed E-state index contributed by atoms with van der Waals surface area (Å²) in [6.07, 6.45) is 7.57. The Morgan fingerprint density at radius 2 is 1.76 bits per heavy atom. The SMILES string of the molecule is CC1CCCCCCCCC(=O)NC(=N)N(C)CC(=O)O1. The van der Waals surface area contributed by atoms with Crippen LogP contribution in [0.5, 0.6) is 0 Å². The van der Waals surface area contributed by atoms with Crippen LogP contribution in [-0.2, 0) is 14.3 Å². The Hall–Kier alpha value is -1.59. The molecule has 0 saturated carbocycles. The van der Waals surface area contributed by atoms with Gasteiger partial charge in [-0.2, -0.15) is 0 Å². The van der Waals surface area contributed by atoms with E-state index in [9.17, 15) is 9.59 Å². The number of carbonyl (C=O) groups excluding carboxylic acids is 2. The van der Waals surface area contributed by atoms with Crippen molar-refractivity contribution in [3.05, 3.63) is 0 Å². The third-order valence-electron chi connectivity index (χ3n) is 3.60. The molecule has 1 fully saturated rings. The van der Waals surface area contributed by atoms with E-state index in [-0.39, 0.29) is 30.5 Å². The van der Waals surface area contributed by atoms with Crippen molar-refractivity contribution in [3.8, 4) is 0 Å². The molecule has 1 aliphatic heterocycles. The number of hydrogen-bond acceptors (Lipinski definition) is 4.